The molecule has 1 amide bonds. The fourth-order valence-corrected chi connectivity index (χ4v) is 3.58. The van der Waals surface area contributed by atoms with Crippen LogP contribution >= 0.6 is 23.1 Å². The van der Waals surface area contributed by atoms with Crippen molar-refractivity contribution in [1.82, 2.24) is 25.5 Å². The molecule has 3 rings (SSSR count). The highest BCUT2D eigenvalue weighted by molar-refractivity contribution is 7.99. The fraction of sp³-hybridized carbons (Fsp3) is 0.294. The van der Waals surface area contributed by atoms with Crippen molar-refractivity contribution in [2.75, 3.05) is 5.75 Å². The van der Waals surface area contributed by atoms with Crippen LogP contribution in [0.4, 0.5) is 0 Å². The molecule has 0 aliphatic carbocycles. The Morgan fingerprint density at radius 3 is 2.76 bits per heavy atom. The Kier molecular flexibility index (Phi) is 5.83. The Morgan fingerprint density at radius 1 is 1.28 bits per heavy atom. The summed E-state index contributed by atoms with van der Waals surface area (Å²) in [6, 6.07) is 12.1. The van der Waals surface area contributed by atoms with Crippen LogP contribution in [0, 0.1) is 0 Å². The highest BCUT2D eigenvalue weighted by Gasteiger charge is 2.12. The zero-order valence-corrected chi connectivity index (χ0v) is 15.7. The highest BCUT2D eigenvalue weighted by Crippen LogP contribution is 2.20. The van der Waals surface area contributed by atoms with Crippen LogP contribution in [-0.4, -0.2) is 31.9 Å². The lowest BCUT2D eigenvalue weighted by Crippen LogP contribution is -2.24. The van der Waals surface area contributed by atoms with Gasteiger partial charge in [0, 0.05) is 4.88 Å². The number of hydrogen-bond acceptors (Lipinski definition) is 6. The quantitative estimate of drug-likeness (QED) is 0.644. The summed E-state index contributed by atoms with van der Waals surface area (Å²) in [6.07, 6.45) is 0. The topological polar surface area (TPSA) is 72.7 Å². The minimum absolute atomic E-state index is 0.0388. The highest BCUT2D eigenvalue weighted by atomic mass is 32.2. The van der Waals surface area contributed by atoms with Crippen molar-refractivity contribution in [3.63, 3.8) is 0 Å². The first-order valence-electron chi connectivity index (χ1n) is 7.94. The summed E-state index contributed by atoms with van der Waals surface area (Å²) in [5.74, 6) is 0.711. The van der Waals surface area contributed by atoms with Crippen molar-refractivity contribution < 1.29 is 4.79 Å². The summed E-state index contributed by atoms with van der Waals surface area (Å²) in [4.78, 5) is 13.1. The Labute approximate surface area is 154 Å². The normalized spacial score (nSPS) is 11.0. The first kappa shape index (κ1) is 17.6. The minimum Gasteiger partial charge on any atom is -0.350 e. The van der Waals surface area contributed by atoms with E-state index in [0.29, 0.717) is 17.6 Å². The predicted molar refractivity (Wildman–Crippen MR) is 100 cm³/mol. The van der Waals surface area contributed by atoms with Gasteiger partial charge in [0.25, 0.3) is 0 Å². The molecule has 25 heavy (non-hydrogen) atoms. The van der Waals surface area contributed by atoms with Crippen LogP contribution < -0.4 is 5.32 Å². The summed E-state index contributed by atoms with van der Waals surface area (Å²) >= 11 is 2.95. The van der Waals surface area contributed by atoms with Crippen LogP contribution in [0.2, 0.25) is 0 Å². The second kappa shape index (κ2) is 8.26. The SMILES string of the molecule is CC(C)c1ccc(-n2nnnc2SCC(=O)NCc2cccs2)cc1. The van der Waals surface area contributed by atoms with E-state index in [9.17, 15) is 4.79 Å². The van der Waals surface area contributed by atoms with E-state index in [1.807, 2.05) is 29.6 Å². The molecule has 8 heteroatoms. The number of rotatable bonds is 7. The largest absolute Gasteiger partial charge is 0.350 e. The standard InChI is InChI=1S/C17H19N5OS2/c1-12(2)13-5-7-14(8-6-13)22-17(19-20-21-22)25-11-16(23)18-10-15-4-3-9-24-15/h3-9,12H,10-11H2,1-2H3,(H,18,23). The van der Waals surface area contributed by atoms with Gasteiger partial charge in [-0.3, -0.25) is 4.79 Å². The van der Waals surface area contributed by atoms with Gasteiger partial charge in [-0.05, 0) is 45.5 Å². The maximum absolute atomic E-state index is 12.0. The lowest BCUT2D eigenvalue weighted by Gasteiger charge is -2.08. The maximum Gasteiger partial charge on any atom is 0.230 e. The molecule has 0 unspecified atom stereocenters. The number of carbonyl (C=O) groups is 1. The molecule has 0 bridgehead atoms. The van der Waals surface area contributed by atoms with Crippen molar-refractivity contribution in [2.45, 2.75) is 31.5 Å². The zero-order chi connectivity index (χ0) is 17.6. The molecule has 2 aromatic heterocycles. The number of amides is 1. The van der Waals surface area contributed by atoms with Gasteiger partial charge in [-0.1, -0.05) is 43.8 Å². The van der Waals surface area contributed by atoms with Crippen LogP contribution in [0.3, 0.4) is 0 Å². The van der Waals surface area contributed by atoms with Gasteiger partial charge in [0.2, 0.25) is 11.1 Å². The van der Waals surface area contributed by atoms with Crippen LogP contribution in [-0.2, 0) is 11.3 Å². The second-order valence-electron chi connectivity index (χ2n) is 5.76. The van der Waals surface area contributed by atoms with Crippen LogP contribution in [0.5, 0.6) is 0 Å². The third-order valence-electron chi connectivity index (χ3n) is 3.62. The van der Waals surface area contributed by atoms with Crippen LogP contribution in [0.1, 0.15) is 30.2 Å². The molecule has 0 spiro atoms. The van der Waals surface area contributed by atoms with Gasteiger partial charge in [-0.25, -0.2) is 0 Å². The molecule has 0 saturated heterocycles. The molecule has 0 saturated carbocycles. The summed E-state index contributed by atoms with van der Waals surface area (Å²) in [5, 5.41) is 17.3. The molecule has 3 aromatic rings. The molecule has 0 aliphatic rings. The molecule has 0 radical (unpaired) electrons. The number of carbonyl (C=O) groups excluding carboxylic acids is 1. The summed E-state index contributed by atoms with van der Waals surface area (Å²) in [7, 11) is 0. The molecule has 2 heterocycles. The Bertz CT molecular complexity index is 812. The van der Waals surface area contributed by atoms with E-state index in [0.717, 1.165) is 10.6 Å². The monoisotopic (exact) mass is 373 g/mol. The van der Waals surface area contributed by atoms with Crippen molar-refractivity contribution in [2.24, 2.45) is 0 Å². The lowest BCUT2D eigenvalue weighted by atomic mass is 10.0. The van der Waals surface area contributed by atoms with E-state index < -0.39 is 0 Å². The number of nitrogens with one attached hydrogen (secondary N) is 1. The molecule has 1 N–H and O–H groups in total. The lowest BCUT2D eigenvalue weighted by molar-refractivity contribution is -0.118. The summed E-state index contributed by atoms with van der Waals surface area (Å²) < 4.78 is 1.65. The number of benzene rings is 1. The number of thiophene rings is 1. The molecular weight excluding hydrogens is 354 g/mol. The van der Waals surface area contributed by atoms with E-state index in [4.69, 9.17) is 0 Å². The smallest absolute Gasteiger partial charge is 0.230 e. The maximum atomic E-state index is 12.0. The third kappa shape index (κ3) is 4.67. The summed E-state index contributed by atoms with van der Waals surface area (Å²) in [6.45, 7) is 4.86. The van der Waals surface area contributed by atoms with Gasteiger partial charge in [0.15, 0.2) is 0 Å². The van der Waals surface area contributed by atoms with Gasteiger partial charge < -0.3 is 5.32 Å². The number of thioether (sulfide) groups is 1. The van der Waals surface area contributed by atoms with Gasteiger partial charge in [0.05, 0.1) is 18.0 Å². The van der Waals surface area contributed by atoms with E-state index >= 15 is 0 Å². The number of tetrazole rings is 1. The first-order chi connectivity index (χ1) is 12.1. The molecule has 0 atom stereocenters. The average Bonchev–Trinajstić information content (AvgIpc) is 3.29. The van der Waals surface area contributed by atoms with Crippen molar-refractivity contribution in [3.8, 4) is 5.69 Å². The van der Waals surface area contributed by atoms with Crippen LogP contribution in [0.25, 0.3) is 5.69 Å². The van der Waals surface area contributed by atoms with Crippen molar-refractivity contribution in [1.29, 1.82) is 0 Å². The Morgan fingerprint density at radius 2 is 2.08 bits per heavy atom. The van der Waals surface area contributed by atoms with E-state index in [-0.39, 0.29) is 11.7 Å². The minimum atomic E-state index is -0.0388. The van der Waals surface area contributed by atoms with Gasteiger partial charge in [0.1, 0.15) is 0 Å². The first-order valence-corrected chi connectivity index (χ1v) is 9.80. The van der Waals surface area contributed by atoms with Crippen LogP contribution in [0.15, 0.2) is 46.9 Å². The molecule has 0 fully saturated rings. The average molecular weight is 374 g/mol. The number of nitrogens with zero attached hydrogens (tertiary/aromatic N) is 4. The van der Waals surface area contributed by atoms with Gasteiger partial charge in [-0.2, -0.15) is 4.68 Å². The number of hydrogen-bond donors (Lipinski definition) is 1. The zero-order valence-electron chi connectivity index (χ0n) is 14.0. The van der Waals surface area contributed by atoms with Gasteiger partial charge >= 0.3 is 0 Å². The molecular formula is C17H19N5OS2. The van der Waals surface area contributed by atoms with Crippen molar-refractivity contribution in [3.05, 3.63) is 52.2 Å². The Hall–Kier alpha value is -2.19. The van der Waals surface area contributed by atoms with E-state index in [1.54, 1.807) is 16.0 Å². The number of aromatic nitrogens is 4. The fourth-order valence-electron chi connectivity index (χ4n) is 2.21. The van der Waals surface area contributed by atoms with E-state index in [1.165, 1.54) is 17.3 Å². The van der Waals surface area contributed by atoms with E-state index in [2.05, 4.69) is 46.8 Å². The van der Waals surface area contributed by atoms with Crippen molar-refractivity contribution >= 4 is 29.0 Å². The van der Waals surface area contributed by atoms with Gasteiger partial charge in [-0.15, -0.1) is 16.4 Å². The predicted octanol–water partition coefficient (Wildman–Crippen LogP) is 3.26. The molecule has 0 aliphatic heterocycles. The molecule has 1 aromatic carbocycles. The Balaban J connectivity index is 1.58. The second-order valence-corrected chi connectivity index (χ2v) is 7.74. The third-order valence-corrected chi connectivity index (χ3v) is 5.41. The molecule has 130 valence electrons. The molecule has 6 nitrogen and oxygen atoms in total. The summed E-state index contributed by atoms with van der Waals surface area (Å²) in [5.41, 5.74) is 2.15.